The molecule has 0 bridgehead atoms. The van der Waals surface area contributed by atoms with E-state index in [4.69, 9.17) is 5.11 Å². The molecule has 0 atom stereocenters. The molecule has 0 aliphatic carbocycles. The Hall–Kier alpha value is -1.04. The van der Waals surface area contributed by atoms with Gasteiger partial charge < -0.3 is 10.0 Å². The van der Waals surface area contributed by atoms with Gasteiger partial charge >= 0.3 is 6.09 Å². The van der Waals surface area contributed by atoms with E-state index in [0.29, 0.717) is 19.6 Å². The third-order valence-electron chi connectivity index (χ3n) is 2.04. The molecule has 0 radical (unpaired) electrons. The van der Waals surface area contributed by atoms with E-state index in [9.17, 15) is 4.79 Å². The number of aromatic nitrogens is 2. The van der Waals surface area contributed by atoms with Crippen LogP contribution in [0.4, 0.5) is 4.79 Å². The van der Waals surface area contributed by atoms with Crippen LogP contribution in [0.3, 0.4) is 0 Å². The summed E-state index contributed by atoms with van der Waals surface area (Å²) in [5.74, 6) is 0. The molecule has 1 aliphatic rings. The maximum atomic E-state index is 10.7. The molecule has 70 valence electrons. The molecular weight excluding hydrogens is 238 g/mol. The predicted molar refractivity (Wildman–Crippen MR) is 48.4 cm³/mol. The molecule has 1 aromatic heterocycles. The molecule has 1 amide bonds. The molecule has 13 heavy (non-hydrogen) atoms. The summed E-state index contributed by atoms with van der Waals surface area (Å²) in [6.45, 7) is 1.57. The van der Waals surface area contributed by atoms with E-state index in [1.165, 1.54) is 4.90 Å². The highest BCUT2D eigenvalue weighted by atomic mass is 79.9. The van der Waals surface area contributed by atoms with Crippen LogP contribution in [0, 0.1) is 0 Å². The zero-order valence-electron chi connectivity index (χ0n) is 6.77. The van der Waals surface area contributed by atoms with Crippen molar-refractivity contribution in [3.63, 3.8) is 0 Å². The van der Waals surface area contributed by atoms with E-state index in [2.05, 4.69) is 21.0 Å². The Balaban J connectivity index is 2.24. The number of halogens is 1. The average molecular weight is 246 g/mol. The average Bonchev–Trinajstić information content (AvgIpc) is 2.42. The third-order valence-corrected chi connectivity index (χ3v) is 2.43. The number of fused-ring (bicyclic) bond motifs is 1. The molecular formula is C7H8BrN3O2. The van der Waals surface area contributed by atoms with Gasteiger partial charge in [-0.1, -0.05) is 0 Å². The molecule has 0 saturated heterocycles. The van der Waals surface area contributed by atoms with Crippen molar-refractivity contribution < 1.29 is 9.90 Å². The third kappa shape index (κ3) is 1.53. The van der Waals surface area contributed by atoms with Crippen LogP contribution in [0.5, 0.6) is 0 Å². The van der Waals surface area contributed by atoms with Crippen LogP contribution in [-0.2, 0) is 13.1 Å². The van der Waals surface area contributed by atoms with Crippen molar-refractivity contribution in [1.82, 2.24) is 14.7 Å². The molecule has 2 heterocycles. The van der Waals surface area contributed by atoms with Crippen molar-refractivity contribution in [1.29, 1.82) is 0 Å². The number of carboxylic acid groups (broad SMARTS) is 1. The summed E-state index contributed by atoms with van der Waals surface area (Å²) < 4.78 is 2.58. The number of hydrogen-bond donors (Lipinski definition) is 1. The zero-order chi connectivity index (χ0) is 9.42. The van der Waals surface area contributed by atoms with Gasteiger partial charge in [-0.25, -0.2) is 4.79 Å². The minimum Gasteiger partial charge on any atom is -0.465 e. The predicted octanol–water partition coefficient (Wildman–Crippen LogP) is 1.14. The fraction of sp³-hybridized carbons (Fsp3) is 0.429. The monoisotopic (exact) mass is 245 g/mol. The summed E-state index contributed by atoms with van der Waals surface area (Å²) in [4.78, 5) is 12.0. The van der Waals surface area contributed by atoms with Crippen LogP contribution in [0.1, 0.15) is 5.69 Å². The van der Waals surface area contributed by atoms with Crippen molar-refractivity contribution >= 4 is 22.0 Å². The number of carbonyl (C=O) groups is 1. The lowest BCUT2D eigenvalue weighted by Crippen LogP contribution is -2.37. The summed E-state index contributed by atoms with van der Waals surface area (Å²) in [6.07, 6.45) is -0.872. The van der Waals surface area contributed by atoms with Crippen LogP contribution in [0.15, 0.2) is 10.7 Å². The van der Waals surface area contributed by atoms with Crippen LogP contribution in [-0.4, -0.2) is 32.4 Å². The topological polar surface area (TPSA) is 58.4 Å². The second-order valence-corrected chi connectivity index (χ2v) is 3.70. The van der Waals surface area contributed by atoms with Crippen molar-refractivity contribution in [2.24, 2.45) is 0 Å². The first kappa shape index (κ1) is 8.55. The van der Waals surface area contributed by atoms with Gasteiger partial charge in [0, 0.05) is 6.54 Å². The lowest BCUT2D eigenvalue weighted by molar-refractivity contribution is 0.131. The van der Waals surface area contributed by atoms with E-state index >= 15 is 0 Å². The zero-order valence-corrected chi connectivity index (χ0v) is 8.36. The Bertz CT molecular complexity index is 350. The summed E-state index contributed by atoms with van der Waals surface area (Å²) in [7, 11) is 0. The highest BCUT2D eigenvalue weighted by molar-refractivity contribution is 9.10. The molecule has 1 N–H and O–H groups in total. The van der Waals surface area contributed by atoms with Gasteiger partial charge in [-0.15, -0.1) is 0 Å². The van der Waals surface area contributed by atoms with Crippen LogP contribution >= 0.6 is 15.9 Å². The van der Waals surface area contributed by atoms with Gasteiger partial charge in [0.15, 0.2) is 0 Å². The molecule has 0 fully saturated rings. The minimum atomic E-state index is -0.872. The largest absolute Gasteiger partial charge is 0.465 e. The fourth-order valence-electron chi connectivity index (χ4n) is 1.39. The maximum absolute atomic E-state index is 10.7. The maximum Gasteiger partial charge on any atom is 0.407 e. The molecule has 0 unspecified atom stereocenters. The summed E-state index contributed by atoms with van der Waals surface area (Å²) in [5, 5.41) is 12.9. The first-order valence-electron chi connectivity index (χ1n) is 3.87. The summed E-state index contributed by atoms with van der Waals surface area (Å²) in [6, 6.07) is 1.84. The summed E-state index contributed by atoms with van der Waals surface area (Å²) in [5.41, 5.74) is 0.931. The molecule has 0 saturated carbocycles. The Morgan fingerprint density at radius 1 is 1.62 bits per heavy atom. The lowest BCUT2D eigenvalue weighted by atomic mass is 10.3. The van der Waals surface area contributed by atoms with Gasteiger partial charge in [-0.3, -0.25) is 4.68 Å². The minimum absolute atomic E-state index is 0.425. The highest BCUT2D eigenvalue weighted by Gasteiger charge is 2.20. The van der Waals surface area contributed by atoms with Crippen molar-refractivity contribution in [3.05, 3.63) is 16.4 Å². The number of hydrogen-bond acceptors (Lipinski definition) is 2. The van der Waals surface area contributed by atoms with Crippen LogP contribution in [0.25, 0.3) is 0 Å². The smallest absolute Gasteiger partial charge is 0.407 e. The van der Waals surface area contributed by atoms with Crippen molar-refractivity contribution in [3.8, 4) is 0 Å². The molecule has 5 nitrogen and oxygen atoms in total. The van der Waals surface area contributed by atoms with E-state index < -0.39 is 6.09 Å². The highest BCUT2D eigenvalue weighted by Crippen LogP contribution is 2.16. The quantitative estimate of drug-likeness (QED) is 0.746. The fourth-order valence-corrected chi connectivity index (χ4v) is 1.85. The van der Waals surface area contributed by atoms with Crippen LogP contribution in [0.2, 0.25) is 0 Å². The van der Waals surface area contributed by atoms with Gasteiger partial charge in [-0.2, -0.15) is 5.10 Å². The van der Waals surface area contributed by atoms with Gasteiger partial charge in [-0.05, 0) is 22.0 Å². The van der Waals surface area contributed by atoms with Gasteiger partial charge in [0.2, 0.25) is 0 Å². The molecule has 2 rings (SSSR count). The van der Waals surface area contributed by atoms with Gasteiger partial charge in [0.1, 0.15) is 4.60 Å². The Kier molecular flexibility index (Phi) is 1.99. The van der Waals surface area contributed by atoms with Gasteiger partial charge in [0.25, 0.3) is 0 Å². The van der Waals surface area contributed by atoms with Gasteiger partial charge in [0.05, 0.1) is 18.8 Å². The van der Waals surface area contributed by atoms with E-state index in [0.717, 1.165) is 10.3 Å². The number of nitrogens with zero attached hydrogens (tertiary/aromatic N) is 3. The van der Waals surface area contributed by atoms with E-state index in [1.54, 1.807) is 0 Å². The standard InChI is InChI=1S/C7H8BrN3O2/c8-6-3-5-4-10(7(12)13)1-2-11(5)9-6/h3H,1-2,4H2,(H,12,13). The summed E-state index contributed by atoms with van der Waals surface area (Å²) >= 11 is 3.25. The number of amides is 1. The van der Waals surface area contributed by atoms with E-state index in [1.807, 2.05) is 10.7 Å². The SMILES string of the molecule is O=C(O)N1CCn2nc(Br)cc2C1. The first-order valence-corrected chi connectivity index (χ1v) is 4.66. The Morgan fingerprint density at radius 3 is 3.08 bits per heavy atom. The van der Waals surface area contributed by atoms with E-state index in [-0.39, 0.29) is 0 Å². The lowest BCUT2D eigenvalue weighted by Gasteiger charge is -2.24. The molecule has 1 aromatic rings. The Morgan fingerprint density at radius 2 is 2.38 bits per heavy atom. The molecule has 1 aliphatic heterocycles. The molecule has 0 aromatic carbocycles. The second kappa shape index (κ2) is 3.02. The molecule has 6 heteroatoms. The number of rotatable bonds is 0. The first-order chi connectivity index (χ1) is 6.16. The van der Waals surface area contributed by atoms with Crippen LogP contribution < -0.4 is 0 Å². The van der Waals surface area contributed by atoms with Crippen molar-refractivity contribution in [2.75, 3.05) is 6.54 Å². The Labute approximate surface area is 83.1 Å². The van der Waals surface area contributed by atoms with Crippen molar-refractivity contribution in [2.45, 2.75) is 13.1 Å². The normalized spacial score (nSPS) is 15.6. The second-order valence-electron chi connectivity index (χ2n) is 2.89. The molecule has 0 spiro atoms.